The highest BCUT2D eigenvalue weighted by Crippen LogP contribution is 2.31. The summed E-state index contributed by atoms with van der Waals surface area (Å²) < 4.78 is 1.19. The van der Waals surface area contributed by atoms with E-state index in [4.69, 9.17) is 10.8 Å². The topological polar surface area (TPSA) is 63.3 Å². The van der Waals surface area contributed by atoms with E-state index >= 15 is 0 Å². The molecule has 3 nitrogen and oxygen atoms in total. The van der Waals surface area contributed by atoms with E-state index in [1.807, 2.05) is 25.1 Å². The monoisotopic (exact) mass is 235 g/mol. The van der Waals surface area contributed by atoms with Crippen LogP contribution in [0, 0.1) is 6.92 Å². The van der Waals surface area contributed by atoms with Gasteiger partial charge in [0.2, 0.25) is 0 Å². The molecule has 0 amide bonds. The number of rotatable bonds is 3. The van der Waals surface area contributed by atoms with Gasteiger partial charge in [0, 0.05) is 16.0 Å². The standard InChI is InChI=1S/C12H13NO2S/c1-7-8-4-2-3-5-10(8)16-11(7)6-9(13)12(14)15/h2-5,9H,6,13H2,1H3,(H,14,15). The maximum atomic E-state index is 10.7. The summed E-state index contributed by atoms with van der Waals surface area (Å²) in [5.74, 6) is -0.947. The van der Waals surface area contributed by atoms with Gasteiger partial charge in [-0.15, -0.1) is 11.3 Å². The lowest BCUT2D eigenvalue weighted by Gasteiger charge is -2.04. The molecule has 4 heteroatoms. The quantitative estimate of drug-likeness (QED) is 0.857. The van der Waals surface area contributed by atoms with Gasteiger partial charge in [0.25, 0.3) is 0 Å². The maximum Gasteiger partial charge on any atom is 0.320 e. The Kier molecular flexibility index (Phi) is 2.94. The van der Waals surface area contributed by atoms with Crippen LogP contribution in [-0.4, -0.2) is 17.1 Å². The van der Waals surface area contributed by atoms with E-state index < -0.39 is 12.0 Å². The zero-order chi connectivity index (χ0) is 11.7. The molecule has 0 aliphatic carbocycles. The van der Waals surface area contributed by atoms with Crippen molar-refractivity contribution >= 4 is 27.4 Å². The number of carboxylic acid groups (broad SMARTS) is 1. The second-order valence-electron chi connectivity index (χ2n) is 3.80. The summed E-state index contributed by atoms with van der Waals surface area (Å²) in [5, 5.41) is 9.98. The largest absolute Gasteiger partial charge is 0.480 e. The highest BCUT2D eigenvalue weighted by molar-refractivity contribution is 7.19. The molecule has 1 aromatic heterocycles. The number of aryl methyl sites for hydroxylation is 1. The van der Waals surface area contributed by atoms with E-state index in [-0.39, 0.29) is 0 Å². The Morgan fingerprint density at radius 2 is 2.19 bits per heavy atom. The summed E-state index contributed by atoms with van der Waals surface area (Å²) >= 11 is 1.63. The third kappa shape index (κ3) is 1.94. The lowest BCUT2D eigenvalue weighted by molar-refractivity contribution is -0.138. The Morgan fingerprint density at radius 3 is 2.81 bits per heavy atom. The number of fused-ring (bicyclic) bond motifs is 1. The first kappa shape index (κ1) is 11.1. The summed E-state index contributed by atoms with van der Waals surface area (Å²) in [7, 11) is 0. The lowest BCUT2D eigenvalue weighted by Crippen LogP contribution is -2.32. The van der Waals surface area contributed by atoms with Crippen LogP contribution >= 0.6 is 11.3 Å². The Morgan fingerprint density at radius 1 is 1.50 bits per heavy atom. The van der Waals surface area contributed by atoms with Crippen molar-refractivity contribution in [1.29, 1.82) is 0 Å². The number of carbonyl (C=O) groups is 1. The van der Waals surface area contributed by atoms with Gasteiger partial charge in [-0.1, -0.05) is 18.2 Å². The van der Waals surface area contributed by atoms with Crippen LogP contribution < -0.4 is 5.73 Å². The molecule has 1 atom stereocenters. The predicted molar refractivity (Wildman–Crippen MR) is 65.9 cm³/mol. The van der Waals surface area contributed by atoms with Gasteiger partial charge in [0.05, 0.1) is 0 Å². The molecular weight excluding hydrogens is 222 g/mol. The fourth-order valence-electron chi connectivity index (χ4n) is 1.71. The van der Waals surface area contributed by atoms with Gasteiger partial charge in [0.15, 0.2) is 0 Å². The van der Waals surface area contributed by atoms with Crippen molar-refractivity contribution in [2.45, 2.75) is 19.4 Å². The van der Waals surface area contributed by atoms with Crippen LogP contribution in [0.1, 0.15) is 10.4 Å². The molecule has 0 saturated carbocycles. The van der Waals surface area contributed by atoms with Crippen molar-refractivity contribution < 1.29 is 9.90 Å². The second kappa shape index (κ2) is 4.23. The molecular formula is C12H13NO2S. The number of thiophene rings is 1. The smallest absolute Gasteiger partial charge is 0.320 e. The molecule has 2 rings (SSSR count). The fourth-order valence-corrected chi connectivity index (χ4v) is 2.98. The van der Waals surface area contributed by atoms with E-state index in [1.54, 1.807) is 11.3 Å². The van der Waals surface area contributed by atoms with Crippen LogP contribution in [0.15, 0.2) is 24.3 Å². The number of carboxylic acids is 1. The molecule has 1 heterocycles. The molecule has 0 bridgehead atoms. The minimum atomic E-state index is -0.947. The predicted octanol–water partition coefficient (Wildman–Crippen LogP) is 2.16. The maximum absolute atomic E-state index is 10.7. The van der Waals surface area contributed by atoms with Crippen LogP contribution in [0.2, 0.25) is 0 Å². The molecule has 3 N–H and O–H groups in total. The van der Waals surface area contributed by atoms with Crippen molar-refractivity contribution in [2.24, 2.45) is 5.73 Å². The van der Waals surface area contributed by atoms with E-state index in [1.165, 1.54) is 10.1 Å². The zero-order valence-electron chi connectivity index (χ0n) is 8.93. The van der Waals surface area contributed by atoms with Gasteiger partial charge < -0.3 is 10.8 Å². The van der Waals surface area contributed by atoms with Gasteiger partial charge in [-0.25, -0.2) is 0 Å². The van der Waals surface area contributed by atoms with Gasteiger partial charge in [-0.2, -0.15) is 0 Å². The van der Waals surface area contributed by atoms with Gasteiger partial charge >= 0.3 is 5.97 Å². The fraction of sp³-hybridized carbons (Fsp3) is 0.250. The Bertz CT molecular complexity index is 533. The number of hydrogen-bond donors (Lipinski definition) is 2. The highest BCUT2D eigenvalue weighted by atomic mass is 32.1. The van der Waals surface area contributed by atoms with Crippen molar-refractivity contribution in [1.82, 2.24) is 0 Å². The molecule has 84 valence electrons. The number of aliphatic carboxylic acids is 1. The zero-order valence-corrected chi connectivity index (χ0v) is 9.75. The number of hydrogen-bond acceptors (Lipinski definition) is 3. The summed E-state index contributed by atoms with van der Waals surface area (Å²) in [5.41, 5.74) is 6.70. The first-order chi connectivity index (χ1) is 7.59. The van der Waals surface area contributed by atoms with Crippen molar-refractivity contribution in [3.63, 3.8) is 0 Å². The van der Waals surface area contributed by atoms with Crippen LogP contribution in [-0.2, 0) is 11.2 Å². The van der Waals surface area contributed by atoms with Crippen molar-refractivity contribution in [3.8, 4) is 0 Å². The van der Waals surface area contributed by atoms with Crippen LogP contribution in [0.3, 0.4) is 0 Å². The van der Waals surface area contributed by atoms with Crippen LogP contribution in [0.25, 0.3) is 10.1 Å². The molecule has 0 saturated heterocycles. The highest BCUT2D eigenvalue weighted by Gasteiger charge is 2.16. The van der Waals surface area contributed by atoms with E-state index in [0.717, 1.165) is 10.4 Å². The van der Waals surface area contributed by atoms with E-state index in [2.05, 4.69) is 6.07 Å². The van der Waals surface area contributed by atoms with Crippen LogP contribution in [0.4, 0.5) is 0 Å². The van der Waals surface area contributed by atoms with Crippen LogP contribution in [0.5, 0.6) is 0 Å². The minimum Gasteiger partial charge on any atom is -0.480 e. The molecule has 16 heavy (non-hydrogen) atoms. The number of nitrogens with two attached hydrogens (primary N) is 1. The Labute approximate surface area is 97.5 Å². The average Bonchev–Trinajstić information content (AvgIpc) is 2.56. The SMILES string of the molecule is Cc1c(CC(N)C(=O)O)sc2ccccc12. The molecule has 0 aliphatic heterocycles. The van der Waals surface area contributed by atoms with E-state index in [0.29, 0.717) is 6.42 Å². The van der Waals surface area contributed by atoms with Gasteiger partial charge in [-0.05, 0) is 23.9 Å². The summed E-state index contributed by atoms with van der Waals surface area (Å²) in [6.07, 6.45) is 0.403. The van der Waals surface area contributed by atoms with E-state index in [9.17, 15) is 4.79 Å². The normalized spacial score (nSPS) is 12.9. The third-order valence-electron chi connectivity index (χ3n) is 2.66. The average molecular weight is 235 g/mol. The summed E-state index contributed by atoms with van der Waals surface area (Å²) in [6.45, 7) is 2.02. The molecule has 0 fully saturated rings. The summed E-state index contributed by atoms with van der Waals surface area (Å²) in [4.78, 5) is 11.8. The molecule has 0 spiro atoms. The molecule has 2 aromatic rings. The molecule has 0 aliphatic rings. The minimum absolute atomic E-state index is 0.403. The molecule has 1 aromatic carbocycles. The molecule has 1 unspecified atom stereocenters. The molecule has 0 radical (unpaired) electrons. The first-order valence-corrected chi connectivity index (χ1v) is 5.86. The lowest BCUT2D eigenvalue weighted by atomic mass is 10.1. The number of benzene rings is 1. The Balaban J connectivity index is 2.38. The van der Waals surface area contributed by atoms with Gasteiger partial charge in [0.1, 0.15) is 6.04 Å². The third-order valence-corrected chi connectivity index (χ3v) is 3.96. The summed E-state index contributed by atoms with van der Waals surface area (Å²) in [6, 6.07) is 7.26. The van der Waals surface area contributed by atoms with Crippen molar-refractivity contribution in [2.75, 3.05) is 0 Å². The Hall–Kier alpha value is -1.39. The second-order valence-corrected chi connectivity index (χ2v) is 4.93. The van der Waals surface area contributed by atoms with Crippen molar-refractivity contribution in [3.05, 3.63) is 34.7 Å². The van der Waals surface area contributed by atoms with Gasteiger partial charge in [-0.3, -0.25) is 4.79 Å². The first-order valence-electron chi connectivity index (χ1n) is 5.05.